The first-order valence-corrected chi connectivity index (χ1v) is 9.00. The summed E-state index contributed by atoms with van der Waals surface area (Å²) in [6.07, 6.45) is 1.50. The molecule has 0 N–H and O–H groups in total. The molecule has 0 atom stereocenters. The summed E-state index contributed by atoms with van der Waals surface area (Å²) >= 11 is 0. The van der Waals surface area contributed by atoms with E-state index in [2.05, 4.69) is 0 Å². The van der Waals surface area contributed by atoms with Gasteiger partial charge >= 0.3 is 5.97 Å². The van der Waals surface area contributed by atoms with Gasteiger partial charge in [0.05, 0.1) is 36.5 Å². The van der Waals surface area contributed by atoms with Crippen LogP contribution in [0, 0.1) is 10.1 Å². The Labute approximate surface area is 166 Å². The smallest absolute Gasteiger partial charge is 0.338 e. The van der Waals surface area contributed by atoms with E-state index in [0.717, 1.165) is 0 Å². The number of furan rings is 1. The summed E-state index contributed by atoms with van der Waals surface area (Å²) in [5.74, 6) is -0.628. The molecule has 1 amide bonds. The van der Waals surface area contributed by atoms with Gasteiger partial charge in [0.15, 0.2) is 6.61 Å². The first kappa shape index (κ1) is 20.3. The fraction of sp³-hybridized carbons (Fsp3) is 0.368. The van der Waals surface area contributed by atoms with Gasteiger partial charge in [0.2, 0.25) is 0 Å². The lowest BCUT2D eigenvalue weighted by Crippen LogP contribution is -2.36. The fourth-order valence-corrected chi connectivity index (χ4v) is 2.91. The number of anilines is 1. The molecule has 1 fully saturated rings. The van der Waals surface area contributed by atoms with Gasteiger partial charge in [0.25, 0.3) is 11.6 Å². The Kier molecular flexibility index (Phi) is 6.45. The number of nitrogens with zero attached hydrogens (tertiary/aromatic N) is 3. The minimum Gasteiger partial charge on any atom is -0.467 e. The minimum absolute atomic E-state index is 0.00944. The zero-order valence-corrected chi connectivity index (χ0v) is 15.9. The lowest BCUT2D eigenvalue weighted by Gasteiger charge is -2.28. The van der Waals surface area contributed by atoms with Crippen LogP contribution < -0.4 is 4.90 Å². The van der Waals surface area contributed by atoms with Crippen LogP contribution in [0.3, 0.4) is 0 Å². The summed E-state index contributed by atoms with van der Waals surface area (Å²) in [6.45, 7) is 1.78. The third-order valence-electron chi connectivity index (χ3n) is 4.49. The molecule has 1 aromatic carbocycles. The number of hydrogen-bond acceptors (Lipinski definition) is 8. The van der Waals surface area contributed by atoms with Gasteiger partial charge in [-0.05, 0) is 24.3 Å². The number of nitro groups is 1. The number of carbonyl (C=O) groups excluding carboxylic acids is 2. The van der Waals surface area contributed by atoms with Crippen LogP contribution in [0.4, 0.5) is 11.4 Å². The number of morpholine rings is 1. The van der Waals surface area contributed by atoms with Gasteiger partial charge < -0.3 is 23.7 Å². The minimum atomic E-state index is -0.804. The van der Waals surface area contributed by atoms with Crippen LogP contribution in [-0.4, -0.2) is 61.7 Å². The molecular weight excluding hydrogens is 382 g/mol. The van der Waals surface area contributed by atoms with Crippen molar-refractivity contribution in [3.63, 3.8) is 0 Å². The maximum atomic E-state index is 12.3. The number of amides is 1. The molecule has 154 valence electrons. The molecule has 2 heterocycles. The molecule has 1 aliphatic rings. The number of nitro benzene ring substituents is 1. The maximum Gasteiger partial charge on any atom is 0.338 e. The van der Waals surface area contributed by atoms with Crippen molar-refractivity contribution < 1.29 is 28.4 Å². The average molecular weight is 403 g/mol. The largest absolute Gasteiger partial charge is 0.467 e. The zero-order chi connectivity index (χ0) is 20.8. The van der Waals surface area contributed by atoms with Gasteiger partial charge in [0, 0.05) is 26.2 Å². The summed E-state index contributed by atoms with van der Waals surface area (Å²) in [4.78, 5) is 38.5. The second-order valence-corrected chi connectivity index (χ2v) is 6.47. The highest BCUT2D eigenvalue weighted by atomic mass is 16.6. The summed E-state index contributed by atoms with van der Waals surface area (Å²) < 4.78 is 15.5. The normalized spacial score (nSPS) is 13.8. The Morgan fingerprint density at radius 2 is 2.03 bits per heavy atom. The SMILES string of the molecule is CN(Cc1ccco1)C(=O)COC(=O)c1ccc(N2CCOCC2)c([N+](=O)[O-])c1. The molecule has 10 heteroatoms. The number of benzene rings is 1. The van der Waals surface area contributed by atoms with Gasteiger partial charge in [-0.25, -0.2) is 4.79 Å². The number of esters is 1. The van der Waals surface area contributed by atoms with E-state index in [-0.39, 0.29) is 17.8 Å². The number of ether oxygens (including phenoxy) is 2. The predicted octanol–water partition coefficient (Wildman–Crippen LogP) is 1.84. The second kappa shape index (κ2) is 9.20. The molecule has 1 saturated heterocycles. The lowest BCUT2D eigenvalue weighted by atomic mass is 10.1. The first-order chi connectivity index (χ1) is 14.0. The van der Waals surface area contributed by atoms with Crippen molar-refractivity contribution >= 4 is 23.3 Å². The molecule has 29 heavy (non-hydrogen) atoms. The molecule has 1 aliphatic heterocycles. The molecule has 0 saturated carbocycles. The third-order valence-corrected chi connectivity index (χ3v) is 4.49. The van der Waals surface area contributed by atoms with E-state index in [1.54, 1.807) is 19.2 Å². The van der Waals surface area contributed by atoms with E-state index in [4.69, 9.17) is 13.9 Å². The monoisotopic (exact) mass is 403 g/mol. The van der Waals surface area contributed by atoms with Crippen LogP contribution in [0.25, 0.3) is 0 Å². The summed E-state index contributed by atoms with van der Waals surface area (Å²) in [6, 6.07) is 7.58. The van der Waals surface area contributed by atoms with Crippen molar-refractivity contribution in [1.29, 1.82) is 0 Å². The van der Waals surface area contributed by atoms with Crippen molar-refractivity contribution in [3.8, 4) is 0 Å². The van der Waals surface area contributed by atoms with Crippen molar-refractivity contribution in [1.82, 2.24) is 4.90 Å². The quantitative estimate of drug-likeness (QED) is 0.391. The average Bonchev–Trinajstić information content (AvgIpc) is 3.24. The van der Waals surface area contributed by atoms with Crippen molar-refractivity contribution in [3.05, 3.63) is 58.0 Å². The van der Waals surface area contributed by atoms with E-state index in [0.29, 0.717) is 37.8 Å². The summed E-state index contributed by atoms with van der Waals surface area (Å²) in [5, 5.41) is 11.5. The van der Waals surface area contributed by atoms with E-state index in [9.17, 15) is 19.7 Å². The molecule has 0 spiro atoms. The topological polar surface area (TPSA) is 115 Å². The van der Waals surface area contributed by atoms with Gasteiger partial charge in [-0.15, -0.1) is 0 Å². The van der Waals surface area contributed by atoms with Crippen LogP contribution in [-0.2, 0) is 20.8 Å². The van der Waals surface area contributed by atoms with Crippen LogP contribution in [0.2, 0.25) is 0 Å². The number of hydrogen-bond donors (Lipinski definition) is 0. The zero-order valence-electron chi connectivity index (χ0n) is 15.9. The molecule has 0 aliphatic carbocycles. The number of rotatable bonds is 7. The van der Waals surface area contributed by atoms with E-state index in [1.165, 1.54) is 29.4 Å². The molecule has 0 radical (unpaired) electrons. The summed E-state index contributed by atoms with van der Waals surface area (Å²) in [7, 11) is 1.56. The number of likely N-dealkylation sites (N-methyl/N-ethyl adjacent to an activating group) is 1. The molecule has 3 rings (SSSR count). The summed E-state index contributed by atoms with van der Waals surface area (Å²) in [5.41, 5.74) is 0.238. The molecule has 2 aromatic rings. The van der Waals surface area contributed by atoms with E-state index >= 15 is 0 Å². The van der Waals surface area contributed by atoms with Gasteiger partial charge in [0.1, 0.15) is 11.4 Å². The van der Waals surface area contributed by atoms with Gasteiger partial charge in [-0.3, -0.25) is 14.9 Å². The molecule has 10 nitrogen and oxygen atoms in total. The van der Waals surface area contributed by atoms with Gasteiger partial charge in [-0.1, -0.05) is 0 Å². The maximum absolute atomic E-state index is 12.3. The highest BCUT2D eigenvalue weighted by molar-refractivity contribution is 5.93. The van der Waals surface area contributed by atoms with E-state index < -0.39 is 23.4 Å². The van der Waals surface area contributed by atoms with Gasteiger partial charge in [-0.2, -0.15) is 0 Å². The Bertz CT molecular complexity index is 876. The highest BCUT2D eigenvalue weighted by Gasteiger charge is 2.24. The Hall–Kier alpha value is -3.40. The van der Waals surface area contributed by atoms with Crippen molar-refractivity contribution in [2.75, 3.05) is 44.9 Å². The Morgan fingerprint density at radius 1 is 1.28 bits per heavy atom. The van der Waals surface area contributed by atoms with Crippen LogP contribution >= 0.6 is 0 Å². The van der Waals surface area contributed by atoms with E-state index in [1.807, 2.05) is 4.90 Å². The lowest BCUT2D eigenvalue weighted by molar-refractivity contribution is -0.384. The highest BCUT2D eigenvalue weighted by Crippen LogP contribution is 2.30. The Morgan fingerprint density at radius 3 is 2.69 bits per heavy atom. The van der Waals surface area contributed by atoms with Crippen LogP contribution in [0.1, 0.15) is 16.1 Å². The third kappa shape index (κ3) is 5.11. The second-order valence-electron chi connectivity index (χ2n) is 6.47. The standard InChI is InChI=1S/C19H21N3O7/c1-20(12-15-3-2-8-28-15)18(23)13-29-19(24)14-4-5-16(17(11-14)22(25)26)21-6-9-27-10-7-21/h2-5,8,11H,6-7,9-10,12-13H2,1H3. The first-order valence-electron chi connectivity index (χ1n) is 9.00. The van der Waals surface area contributed by atoms with Crippen LogP contribution in [0.15, 0.2) is 41.0 Å². The van der Waals surface area contributed by atoms with Crippen LogP contribution in [0.5, 0.6) is 0 Å². The number of carbonyl (C=O) groups is 2. The predicted molar refractivity (Wildman–Crippen MR) is 102 cm³/mol. The molecule has 1 aromatic heterocycles. The molecular formula is C19H21N3O7. The fourth-order valence-electron chi connectivity index (χ4n) is 2.91. The molecule has 0 bridgehead atoms. The Balaban J connectivity index is 1.63. The molecule has 0 unspecified atom stereocenters. The van der Waals surface area contributed by atoms with Crippen molar-refractivity contribution in [2.24, 2.45) is 0 Å². The van der Waals surface area contributed by atoms with Crippen molar-refractivity contribution in [2.45, 2.75) is 6.54 Å².